The number of benzene rings is 1. The largest absolute Gasteiger partial charge is 0.507 e. The van der Waals surface area contributed by atoms with Crippen molar-refractivity contribution in [3.05, 3.63) is 29.3 Å². The van der Waals surface area contributed by atoms with Gasteiger partial charge >= 0.3 is 5.97 Å². The van der Waals surface area contributed by atoms with Crippen LogP contribution >= 0.6 is 0 Å². The van der Waals surface area contributed by atoms with Crippen LogP contribution in [0.3, 0.4) is 0 Å². The lowest BCUT2D eigenvalue weighted by molar-refractivity contribution is -0.129. The molecule has 1 amide bonds. The molecule has 1 aliphatic rings. The van der Waals surface area contributed by atoms with Gasteiger partial charge < -0.3 is 15.2 Å². The Bertz CT molecular complexity index is 564. The maximum absolute atomic E-state index is 12.1. The van der Waals surface area contributed by atoms with Crippen molar-refractivity contribution in [2.45, 2.75) is 52.1 Å². The highest BCUT2D eigenvalue weighted by Gasteiger charge is 2.22. The number of phenolic OH excluding ortho intramolecular Hbond substituents is 1. The molecule has 5 nitrogen and oxygen atoms in total. The number of hydrogen-bond donors (Lipinski definition) is 2. The molecule has 0 heterocycles. The van der Waals surface area contributed by atoms with Gasteiger partial charge in [0.15, 0.2) is 6.10 Å². The zero-order valence-electron chi connectivity index (χ0n) is 13.8. The topological polar surface area (TPSA) is 75.6 Å². The number of aromatic hydroxyl groups is 1. The summed E-state index contributed by atoms with van der Waals surface area (Å²) in [7, 11) is 0. The number of ether oxygens (including phenoxy) is 1. The summed E-state index contributed by atoms with van der Waals surface area (Å²) in [6, 6.07) is 4.85. The minimum Gasteiger partial charge on any atom is -0.507 e. The number of para-hydroxylation sites is 1. The minimum absolute atomic E-state index is 0.0805. The average Bonchev–Trinajstić information content (AvgIpc) is 2.55. The van der Waals surface area contributed by atoms with Gasteiger partial charge in [-0.1, -0.05) is 31.4 Å². The van der Waals surface area contributed by atoms with E-state index in [1.807, 2.05) is 0 Å². The lowest BCUT2D eigenvalue weighted by Gasteiger charge is -2.22. The summed E-state index contributed by atoms with van der Waals surface area (Å²) in [5.41, 5.74) is 0.672. The van der Waals surface area contributed by atoms with Crippen molar-refractivity contribution >= 4 is 11.9 Å². The number of esters is 1. The van der Waals surface area contributed by atoms with E-state index >= 15 is 0 Å². The number of rotatable bonds is 5. The standard InChI is InChI=1S/C18H25NO4/c1-12-7-6-10-15(16(12)20)18(22)23-13(2)17(21)19-11-14-8-4-3-5-9-14/h6-7,10,13-14,20H,3-5,8-9,11H2,1-2H3,(H,19,21)/t13-/m0/s1. The molecule has 0 aromatic heterocycles. The van der Waals surface area contributed by atoms with Gasteiger partial charge in [0.1, 0.15) is 11.3 Å². The Morgan fingerprint density at radius 1 is 1.30 bits per heavy atom. The number of aryl methyl sites for hydroxylation is 1. The fraction of sp³-hybridized carbons (Fsp3) is 0.556. The first-order valence-electron chi connectivity index (χ1n) is 8.26. The third-order valence-corrected chi connectivity index (χ3v) is 4.40. The molecular weight excluding hydrogens is 294 g/mol. The van der Waals surface area contributed by atoms with Crippen molar-refractivity contribution in [1.29, 1.82) is 0 Å². The van der Waals surface area contributed by atoms with E-state index in [1.54, 1.807) is 26.0 Å². The fourth-order valence-electron chi connectivity index (χ4n) is 2.88. The molecule has 0 unspecified atom stereocenters. The minimum atomic E-state index is -0.883. The second-order valence-corrected chi connectivity index (χ2v) is 6.27. The number of amides is 1. The maximum Gasteiger partial charge on any atom is 0.342 e. The summed E-state index contributed by atoms with van der Waals surface area (Å²) in [5, 5.41) is 12.7. The first-order chi connectivity index (χ1) is 11.0. The smallest absolute Gasteiger partial charge is 0.342 e. The lowest BCUT2D eigenvalue weighted by atomic mass is 9.89. The van der Waals surface area contributed by atoms with E-state index in [1.165, 1.54) is 25.3 Å². The normalized spacial score (nSPS) is 16.6. The van der Waals surface area contributed by atoms with Crippen LogP contribution in [0.5, 0.6) is 5.75 Å². The van der Waals surface area contributed by atoms with Crippen LogP contribution in [0.15, 0.2) is 18.2 Å². The molecule has 1 aromatic rings. The Labute approximate surface area is 137 Å². The van der Waals surface area contributed by atoms with Gasteiger partial charge in [0.25, 0.3) is 5.91 Å². The fourth-order valence-corrected chi connectivity index (χ4v) is 2.88. The van der Waals surface area contributed by atoms with Gasteiger partial charge in [-0.05, 0) is 44.2 Å². The first-order valence-corrected chi connectivity index (χ1v) is 8.26. The number of phenols is 1. The number of hydrogen-bond acceptors (Lipinski definition) is 4. The maximum atomic E-state index is 12.1. The molecule has 0 spiro atoms. The Morgan fingerprint density at radius 3 is 2.70 bits per heavy atom. The SMILES string of the molecule is Cc1cccc(C(=O)O[C@@H](C)C(=O)NCC2CCCCC2)c1O. The van der Waals surface area contributed by atoms with Crippen LogP contribution in [0.1, 0.15) is 54.9 Å². The molecule has 0 bridgehead atoms. The third-order valence-electron chi connectivity index (χ3n) is 4.40. The average molecular weight is 319 g/mol. The highest BCUT2D eigenvalue weighted by molar-refractivity contribution is 5.94. The molecule has 23 heavy (non-hydrogen) atoms. The lowest BCUT2D eigenvalue weighted by Crippen LogP contribution is -2.38. The second-order valence-electron chi connectivity index (χ2n) is 6.27. The molecule has 2 rings (SSSR count). The van der Waals surface area contributed by atoms with Crippen LogP contribution in [0.2, 0.25) is 0 Å². The Morgan fingerprint density at radius 2 is 2.00 bits per heavy atom. The monoisotopic (exact) mass is 319 g/mol. The molecule has 1 aliphatic carbocycles. The van der Waals surface area contributed by atoms with E-state index in [0.29, 0.717) is 18.0 Å². The van der Waals surface area contributed by atoms with Gasteiger partial charge in [-0.15, -0.1) is 0 Å². The van der Waals surface area contributed by atoms with Crippen LogP contribution < -0.4 is 5.32 Å². The predicted octanol–water partition coefficient (Wildman–Crippen LogP) is 2.94. The van der Waals surface area contributed by atoms with Crippen LogP contribution in [-0.2, 0) is 9.53 Å². The molecule has 0 saturated heterocycles. The summed E-state index contributed by atoms with van der Waals surface area (Å²) >= 11 is 0. The van der Waals surface area contributed by atoms with Crippen LogP contribution in [-0.4, -0.2) is 29.6 Å². The molecule has 5 heteroatoms. The van der Waals surface area contributed by atoms with Crippen molar-refractivity contribution in [3.8, 4) is 5.75 Å². The van der Waals surface area contributed by atoms with Crippen LogP contribution in [0.4, 0.5) is 0 Å². The molecule has 1 fully saturated rings. The number of carbonyl (C=O) groups is 2. The van der Waals surface area contributed by atoms with Crippen LogP contribution in [0.25, 0.3) is 0 Å². The van der Waals surface area contributed by atoms with Gasteiger partial charge in [-0.3, -0.25) is 4.79 Å². The van der Waals surface area contributed by atoms with E-state index < -0.39 is 12.1 Å². The molecular formula is C18H25NO4. The van der Waals surface area contributed by atoms with Gasteiger partial charge in [0.2, 0.25) is 0 Å². The van der Waals surface area contributed by atoms with E-state index in [2.05, 4.69) is 5.32 Å². The summed E-state index contributed by atoms with van der Waals surface area (Å²) in [6.45, 7) is 3.88. The zero-order valence-corrected chi connectivity index (χ0v) is 13.8. The predicted molar refractivity (Wildman–Crippen MR) is 87.3 cm³/mol. The highest BCUT2D eigenvalue weighted by Crippen LogP contribution is 2.23. The van der Waals surface area contributed by atoms with Crippen molar-refractivity contribution in [2.75, 3.05) is 6.54 Å². The van der Waals surface area contributed by atoms with Crippen LogP contribution in [0, 0.1) is 12.8 Å². The van der Waals surface area contributed by atoms with Gasteiger partial charge in [-0.25, -0.2) is 4.79 Å². The molecule has 1 atom stereocenters. The zero-order chi connectivity index (χ0) is 16.8. The van der Waals surface area contributed by atoms with E-state index in [-0.39, 0.29) is 17.2 Å². The molecule has 1 saturated carbocycles. The Kier molecular flexibility index (Phi) is 6.02. The summed E-state index contributed by atoms with van der Waals surface area (Å²) in [5.74, 6) is -0.564. The number of carbonyl (C=O) groups excluding carboxylic acids is 2. The molecule has 1 aromatic carbocycles. The van der Waals surface area contributed by atoms with Gasteiger partial charge in [0, 0.05) is 6.54 Å². The van der Waals surface area contributed by atoms with Crippen molar-refractivity contribution in [2.24, 2.45) is 5.92 Å². The van der Waals surface area contributed by atoms with E-state index in [4.69, 9.17) is 4.74 Å². The Balaban J connectivity index is 1.85. The third kappa shape index (κ3) is 4.71. The quantitative estimate of drug-likeness (QED) is 0.818. The molecule has 0 aliphatic heterocycles. The second kappa shape index (κ2) is 7.99. The summed E-state index contributed by atoms with van der Waals surface area (Å²) in [4.78, 5) is 24.1. The van der Waals surface area contributed by atoms with Crippen molar-refractivity contribution in [1.82, 2.24) is 5.32 Å². The highest BCUT2D eigenvalue weighted by atomic mass is 16.5. The molecule has 2 N–H and O–H groups in total. The van der Waals surface area contributed by atoms with Crippen molar-refractivity contribution < 1.29 is 19.4 Å². The van der Waals surface area contributed by atoms with Gasteiger partial charge in [0.05, 0.1) is 0 Å². The van der Waals surface area contributed by atoms with E-state index in [0.717, 1.165) is 12.8 Å². The summed E-state index contributed by atoms with van der Waals surface area (Å²) in [6.07, 6.45) is 5.12. The Hall–Kier alpha value is -2.04. The van der Waals surface area contributed by atoms with E-state index in [9.17, 15) is 14.7 Å². The van der Waals surface area contributed by atoms with Crippen molar-refractivity contribution in [3.63, 3.8) is 0 Å². The molecule has 0 radical (unpaired) electrons. The molecule has 126 valence electrons. The first kappa shape index (κ1) is 17.3. The number of nitrogens with one attached hydrogen (secondary N) is 1. The summed E-state index contributed by atoms with van der Waals surface area (Å²) < 4.78 is 5.16. The van der Waals surface area contributed by atoms with Gasteiger partial charge in [-0.2, -0.15) is 0 Å².